The van der Waals surface area contributed by atoms with E-state index in [1.165, 1.54) is 25.0 Å². The van der Waals surface area contributed by atoms with Gasteiger partial charge >= 0.3 is 7.12 Å². The zero-order valence-corrected chi connectivity index (χ0v) is 17.5. The molecular weight excluding hydrogens is 371 g/mol. The molecule has 9 heteroatoms. The van der Waals surface area contributed by atoms with Gasteiger partial charge in [-0.05, 0) is 43.4 Å². The van der Waals surface area contributed by atoms with Crippen LogP contribution in [0.5, 0.6) is 0 Å². The highest BCUT2D eigenvalue weighted by Crippen LogP contribution is 2.64. The molecule has 3 aliphatic carbocycles. The molecule has 2 N–H and O–H groups in total. The highest BCUT2D eigenvalue weighted by molar-refractivity contribution is 6.47. The van der Waals surface area contributed by atoms with E-state index < -0.39 is 13.0 Å². The fraction of sp³-hybridized carbons (Fsp3) is 0.700. The van der Waals surface area contributed by atoms with Crippen LogP contribution in [-0.4, -0.2) is 53.1 Å². The van der Waals surface area contributed by atoms with Crippen LogP contribution in [0.25, 0.3) is 0 Å². The van der Waals surface area contributed by atoms with Crippen molar-refractivity contribution < 1.29 is 18.9 Å². The van der Waals surface area contributed by atoms with Gasteiger partial charge in [-0.2, -0.15) is 0 Å². The quantitative estimate of drug-likeness (QED) is 0.700. The summed E-state index contributed by atoms with van der Waals surface area (Å²) in [6.45, 7) is 8.63. The van der Waals surface area contributed by atoms with Crippen LogP contribution in [0.4, 0.5) is 0 Å². The minimum absolute atomic E-state index is 0.0646. The predicted octanol–water partition coefficient (Wildman–Crippen LogP) is 1.37. The average molecular weight is 400 g/mol. The minimum atomic E-state index is -0.468. The van der Waals surface area contributed by atoms with Crippen molar-refractivity contribution in [2.24, 2.45) is 17.3 Å². The molecule has 5 rings (SSSR count). The van der Waals surface area contributed by atoms with Crippen LogP contribution < -0.4 is 10.6 Å². The number of hydrogen-bond donors (Lipinski definition) is 2. The largest absolute Gasteiger partial charge is 0.481 e. The Balaban J connectivity index is 1.33. The van der Waals surface area contributed by atoms with E-state index in [0.717, 1.165) is 6.42 Å². The molecule has 5 atom stereocenters. The highest BCUT2D eigenvalue weighted by atomic mass is 16.7. The van der Waals surface area contributed by atoms with Gasteiger partial charge in [0.2, 0.25) is 5.91 Å². The van der Waals surface area contributed by atoms with Crippen molar-refractivity contribution in [3.05, 3.63) is 24.3 Å². The van der Waals surface area contributed by atoms with Gasteiger partial charge in [0.1, 0.15) is 5.69 Å². The number of amides is 2. The molecular formula is C20H29BN4O4. The fourth-order valence-electron chi connectivity index (χ4n) is 5.20. The van der Waals surface area contributed by atoms with E-state index in [4.69, 9.17) is 9.31 Å². The summed E-state index contributed by atoms with van der Waals surface area (Å²) in [7, 11) is -0.468. The number of carbonyl (C=O) groups is 2. The second-order valence-electron chi connectivity index (χ2n) is 9.28. The first-order valence-electron chi connectivity index (χ1n) is 10.4. The molecule has 0 unspecified atom stereocenters. The summed E-state index contributed by atoms with van der Waals surface area (Å²) in [6.07, 6.45) is 7.21. The second kappa shape index (κ2) is 7.36. The number of nitrogens with one attached hydrogen (secondary N) is 2. The Kier molecular flexibility index (Phi) is 5.15. The van der Waals surface area contributed by atoms with Crippen LogP contribution in [0, 0.1) is 17.3 Å². The van der Waals surface area contributed by atoms with Gasteiger partial charge in [0, 0.05) is 12.4 Å². The maximum Gasteiger partial charge on any atom is 0.481 e. The van der Waals surface area contributed by atoms with Crippen molar-refractivity contribution in [1.29, 1.82) is 0 Å². The third kappa shape index (κ3) is 3.55. The van der Waals surface area contributed by atoms with Crippen molar-refractivity contribution in [1.82, 2.24) is 20.6 Å². The highest BCUT2D eigenvalue weighted by Gasteiger charge is 2.67. The summed E-state index contributed by atoms with van der Waals surface area (Å²) in [5, 5.41) is 5.52. The zero-order chi connectivity index (χ0) is 20.8. The SMILES string of the molecule is CC[C@H](NC(=O)CNC(=O)c1cnccn1)B1O[C@@H]2[C@@H]3C[C@H](C[C@]2(C)O1)C3(C)C. The molecule has 1 saturated heterocycles. The van der Waals surface area contributed by atoms with Gasteiger partial charge in [0.25, 0.3) is 5.91 Å². The van der Waals surface area contributed by atoms with E-state index in [2.05, 4.69) is 41.4 Å². The number of carbonyl (C=O) groups excluding carboxylic acids is 2. The first-order chi connectivity index (χ1) is 13.7. The predicted molar refractivity (Wildman–Crippen MR) is 107 cm³/mol. The number of hydrogen-bond acceptors (Lipinski definition) is 6. The van der Waals surface area contributed by atoms with Crippen LogP contribution in [0.2, 0.25) is 0 Å². The smallest absolute Gasteiger partial charge is 0.404 e. The van der Waals surface area contributed by atoms with Crippen LogP contribution in [0.15, 0.2) is 18.6 Å². The maximum atomic E-state index is 12.4. The van der Waals surface area contributed by atoms with Crippen LogP contribution >= 0.6 is 0 Å². The van der Waals surface area contributed by atoms with E-state index in [0.29, 0.717) is 18.3 Å². The maximum absolute atomic E-state index is 12.4. The molecule has 0 radical (unpaired) electrons. The topological polar surface area (TPSA) is 102 Å². The first kappa shape index (κ1) is 20.3. The molecule has 1 aliphatic heterocycles. The normalized spacial score (nSPS) is 32.7. The second-order valence-corrected chi connectivity index (χ2v) is 9.28. The monoisotopic (exact) mass is 400 g/mol. The standard InChI is InChI=1S/C20H29BN4O4/c1-5-15(25-16(26)11-24-18(27)14-10-22-6-7-23-14)21-28-17-13-8-12(19(13,2)3)9-20(17,4)29-21/h6-7,10,12-13,15,17H,5,8-9,11H2,1-4H3,(H,24,27)(H,25,26)/t12-,13+,15+,17-,20+/m1/s1. The molecule has 0 spiro atoms. The van der Waals surface area contributed by atoms with E-state index >= 15 is 0 Å². The van der Waals surface area contributed by atoms with Gasteiger partial charge in [0.15, 0.2) is 0 Å². The average Bonchev–Trinajstić information content (AvgIpc) is 3.07. The molecule has 2 amide bonds. The third-order valence-corrected chi connectivity index (χ3v) is 7.15. The molecule has 1 aromatic rings. The van der Waals surface area contributed by atoms with Crippen molar-refractivity contribution in [3.8, 4) is 0 Å². The molecule has 4 aliphatic rings. The molecule has 2 bridgehead atoms. The van der Waals surface area contributed by atoms with Gasteiger partial charge in [-0.3, -0.25) is 14.6 Å². The molecule has 8 nitrogen and oxygen atoms in total. The van der Waals surface area contributed by atoms with E-state index in [9.17, 15) is 9.59 Å². The Bertz CT molecular complexity index is 792. The Morgan fingerprint density at radius 2 is 2.14 bits per heavy atom. The molecule has 4 fully saturated rings. The molecule has 1 aromatic heterocycles. The lowest BCUT2D eigenvalue weighted by atomic mass is 9.45. The van der Waals surface area contributed by atoms with Gasteiger partial charge in [-0.25, -0.2) is 4.98 Å². The molecule has 0 aromatic carbocycles. The van der Waals surface area contributed by atoms with Crippen LogP contribution in [0.1, 0.15) is 57.4 Å². The lowest BCUT2D eigenvalue weighted by Crippen LogP contribution is -2.63. The summed E-state index contributed by atoms with van der Waals surface area (Å²) < 4.78 is 12.7. The molecule has 29 heavy (non-hydrogen) atoms. The molecule has 2 heterocycles. The summed E-state index contributed by atoms with van der Waals surface area (Å²) in [5.74, 6) is 0.178. The van der Waals surface area contributed by atoms with E-state index in [1.807, 2.05) is 6.92 Å². The van der Waals surface area contributed by atoms with Crippen molar-refractivity contribution >= 4 is 18.9 Å². The number of rotatable bonds is 6. The minimum Gasteiger partial charge on any atom is -0.404 e. The molecule has 156 valence electrons. The third-order valence-electron chi connectivity index (χ3n) is 7.15. The number of aromatic nitrogens is 2. The lowest BCUT2D eigenvalue weighted by molar-refractivity contribution is -0.185. The first-order valence-corrected chi connectivity index (χ1v) is 10.4. The van der Waals surface area contributed by atoms with E-state index in [-0.39, 0.29) is 41.2 Å². The Hall–Kier alpha value is -2.00. The molecule has 3 saturated carbocycles. The Labute approximate surface area is 171 Å². The van der Waals surface area contributed by atoms with Gasteiger partial charge < -0.3 is 19.9 Å². The van der Waals surface area contributed by atoms with Crippen LogP contribution in [-0.2, 0) is 14.1 Å². The zero-order valence-electron chi connectivity index (χ0n) is 17.5. The Morgan fingerprint density at radius 3 is 2.79 bits per heavy atom. The van der Waals surface area contributed by atoms with Crippen LogP contribution in [0.3, 0.4) is 0 Å². The van der Waals surface area contributed by atoms with Crippen molar-refractivity contribution in [3.63, 3.8) is 0 Å². The number of nitrogens with zero attached hydrogens (tertiary/aromatic N) is 2. The van der Waals surface area contributed by atoms with Gasteiger partial charge in [0.05, 0.1) is 30.4 Å². The summed E-state index contributed by atoms with van der Waals surface area (Å²) in [4.78, 5) is 32.2. The van der Waals surface area contributed by atoms with Gasteiger partial charge in [-0.15, -0.1) is 0 Å². The summed E-state index contributed by atoms with van der Waals surface area (Å²) in [5.41, 5.74) is 0.179. The van der Waals surface area contributed by atoms with Crippen molar-refractivity contribution in [2.75, 3.05) is 6.54 Å². The summed E-state index contributed by atoms with van der Waals surface area (Å²) in [6, 6.07) is 0. The lowest BCUT2D eigenvalue weighted by Gasteiger charge is -2.63. The fourth-order valence-corrected chi connectivity index (χ4v) is 5.20. The van der Waals surface area contributed by atoms with Gasteiger partial charge in [-0.1, -0.05) is 20.8 Å². The Morgan fingerprint density at radius 1 is 1.34 bits per heavy atom. The summed E-state index contributed by atoms with van der Waals surface area (Å²) >= 11 is 0. The van der Waals surface area contributed by atoms with E-state index in [1.54, 1.807) is 0 Å². The van der Waals surface area contributed by atoms with Crippen molar-refractivity contribution in [2.45, 2.75) is 64.6 Å².